The molecule has 0 aromatic carbocycles. The molecule has 0 saturated heterocycles. The first kappa shape index (κ1) is 10.7. The van der Waals surface area contributed by atoms with E-state index in [1.54, 1.807) is 6.92 Å². The zero-order valence-electron chi connectivity index (χ0n) is 7.40. The maximum atomic E-state index is 10.9. The molecule has 0 heterocycles. The number of carboxylic acid groups (broad SMARTS) is 1. The summed E-state index contributed by atoms with van der Waals surface area (Å²) in [6, 6.07) is -0.857. The molecule has 0 bridgehead atoms. The molecule has 0 aromatic rings. The maximum absolute atomic E-state index is 10.9. The summed E-state index contributed by atoms with van der Waals surface area (Å²) in [4.78, 5) is 22.4. The molecule has 1 N–H and O–H groups in total. The zero-order valence-corrected chi connectivity index (χ0v) is 7.40. The van der Waals surface area contributed by atoms with Crippen molar-refractivity contribution in [2.24, 2.45) is 0 Å². The molecular weight excluding hydrogens is 162 g/mol. The summed E-state index contributed by atoms with van der Waals surface area (Å²) < 4.78 is 4.60. The normalized spacial score (nSPS) is 11.9. The molecule has 0 radical (unpaired) electrons. The van der Waals surface area contributed by atoms with Crippen LogP contribution < -0.4 is 0 Å². The molecule has 70 valence electrons. The van der Waals surface area contributed by atoms with E-state index >= 15 is 0 Å². The smallest absolute Gasteiger partial charge is 0.410 e. The molecule has 0 aliphatic rings. The van der Waals surface area contributed by atoms with Crippen LogP contribution in [-0.2, 0) is 9.53 Å². The molecule has 0 aromatic heterocycles. The van der Waals surface area contributed by atoms with Crippen molar-refractivity contribution in [2.45, 2.75) is 19.9 Å². The van der Waals surface area contributed by atoms with Crippen molar-refractivity contribution in [3.63, 3.8) is 0 Å². The Morgan fingerprint density at radius 1 is 1.58 bits per heavy atom. The topological polar surface area (TPSA) is 66.8 Å². The van der Waals surface area contributed by atoms with Gasteiger partial charge in [-0.05, 0) is 13.8 Å². The number of amides is 1. The van der Waals surface area contributed by atoms with Crippen molar-refractivity contribution in [3.05, 3.63) is 0 Å². The highest BCUT2D eigenvalue weighted by Gasteiger charge is 2.21. The summed E-state index contributed by atoms with van der Waals surface area (Å²) in [5.74, 6) is -1.05. The lowest BCUT2D eigenvalue weighted by atomic mass is 10.3. The highest BCUT2D eigenvalue weighted by molar-refractivity contribution is 5.79. The Labute approximate surface area is 70.9 Å². The van der Waals surface area contributed by atoms with Gasteiger partial charge in [-0.1, -0.05) is 0 Å². The number of carbonyl (C=O) groups excluding carboxylic acids is 1. The van der Waals surface area contributed by atoms with E-state index in [9.17, 15) is 9.59 Å². The van der Waals surface area contributed by atoms with Crippen LogP contribution in [0.2, 0.25) is 0 Å². The van der Waals surface area contributed by atoms with Gasteiger partial charge in [0.2, 0.25) is 0 Å². The molecule has 0 rings (SSSR count). The van der Waals surface area contributed by atoms with Gasteiger partial charge in [0, 0.05) is 7.05 Å². The molecule has 1 amide bonds. The number of nitrogens with zero attached hydrogens (tertiary/aromatic N) is 1. The molecule has 0 spiro atoms. The van der Waals surface area contributed by atoms with E-state index in [4.69, 9.17) is 5.11 Å². The van der Waals surface area contributed by atoms with Crippen LogP contribution in [0.25, 0.3) is 0 Å². The molecule has 5 heteroatoms. The molecule has 5 nitrogen and oxygen atoms in total. The molecule has 1 atom stereocenters. The van der Waals surface area contributed by atoms with Gasteiger partial charge in [0.1, 0.15) is 6.04 Å². The summed E-state index contributed by atoms with van der Waals surface area (Å²) in [6.07, 6.45) is -0.618. The van der Waals surface area contributed by atoms with E-state index in [0.717, 1.165) is 4.90 Å². The molecule has 12 heavy (non-hydrogen) atoms. The SMILES string of the molecule is CCOC(=O)N(C)C(C)C(=O)O. The Hall–Kier alpha value is -1.26. The predicted octanol–water partition coefficient (Wildman–Crippen LogP) is 0.548. The van der Waals surface area contributed by atoms with E-state index < -0.39 is 18.1 Å². The molecule has 1 unspecified atom stereocenters. The summed E-state index contributed by atoms with van der Waals surface area (Å²) in [5, 5.41) is 8.52. The van der Waals surface area contributed by atoms with Crippen molar-refractivity contribution in [1.29, 1.82) is 0 Å². The lowest BCUT2D eigenvalue weighted by Crippen LogP contribution is -2.40. The number of hydrogen-bond acceptors (Lipinski definition) is 3. The lowest BCUT2D eigenvalue weighted by Gasteiger charge is -2.20. The predicted molar refractivity (Wildman–Crippen MR) is 41.9 cm³/mol. The van der Waals surface area contributed by atoms with Crippen LogP contribution in [-0.4, -0.2) is 41.8 Å². The van der Waals surface area contributed by atoms with Gasteiger partial charge in [-0.2, -0.15) is 0 Å². The fourth-order valence-electron chi connectivity index (χ4n) is 0.549. The zero-order chi connectivity index (χ0) is 9.72. The summed E-state index contributed by atoms with van der Waals surface area (Å²) in [7, 11) is 1.39. The van der Waals surface area contributed by atoms with Crippen LogP contribution in [0.4, 0.5) is 4.79 Å². The van der Waals surface area contributed by atoms with E-state index in [0.29, 0.717) is 0 Å². The minimum atomic E-state index is -1.05. The second-order valence-electron chi connectivity index (χ2n) is 2.32. The number of likely N-dealkylation sites (N-methyl/N-ethyl adjacent to an activating group) is 1. The van der Waals surface area contributed by atoms with Gasteiger partial charge in [-0.25, -0.2) is 9.59 Å². The number of carboxylic acids is 1. The van der Waals surface area contributed by atoms with Crippen molar-refractivity contribution in [2.75, 3.05) is 13.7 Å². The minimum absolute atomic E-state index is 0.246. The highest BCUT2D eigenvalue weighted by Crippen LogP contribution is 1.98. The summed E-state index contributed by atoms with van der Waals surface area (Å²) in [6.45, 7) is 3.33. The van der Waals surface area contributed by atoms with Crippen LogP contribution in [0.1, 0.15) is 13.8 Å². The minimum Gasteiger partial charge on any atom is -0.480 e. The van der Waals surface area contributed by atoms with E-state index in [-0.39, 0.29) is 6.61 Å². The van der Waals surface area contributed by atoms with E-state index in [2.05, 4.69) is 4.74 Å². The molecular formula is C7H13NO4. The highest BCUT2D eigenvalue weighted by atomic mass is 16.6. The van der Waals surface area contributed by atoms with Gasteiger partial charge in [-0.15, -0.1) is 0 Å². The van der Waals surface area contributed by atoms with Crippen molar-refractivity contribution >= 4 is 12.1 Å². The third kappa shape index (κ3) is 2.77. The van der Waals surface area contributed by atoms with Crippen LogP contribution in [0.3, 0.4) is 0 Å². The van der Waals surface area contributed by atoms with E-state index in [1.165, 1.54) is 14.0 Å². The number of hydrogen-bond donors (Lipinski definition) is 1. The largest absolute Gasteiger partial charge is 0.480 e. The summed E-state index contributed by atoms with van der Waals surface area (Å²) >= 11 is 0. The van der Waals surface area contributed by atoms with Gasteiger partial charge in [-0.3, -0.25) is 4.90 Å². The number of carbonyl (C=O) groups is 2. The number of ether oxygens (including phenoxy) is 1. The molecule has 0 saturated carbocycles. The third-order valence-electron chi connectivity index (χ3n) is 1.49. The first-order chi connectivity index (χ1) is 5.50. The number of rotatable bonds is 3. The second-order valence-corrected chi connectivity index (χ2v) is 2.32. The Morgan fingerprint density at radius 2 is 2.08 bits per heavy atom. The van der Waals surface area contributed by atoms with Gasteiger partial charge in [0.25, 0.3) is 0 Å². The van der Waals surface area contributed by atoms with Crippen LogP contribution in [0.15, 0.2) is 0 Å². The maximum Gasteiger partial charge on any atom is 0.410 e. The second kappa shape index (κ2) is 4.58. The lowest BCUT2D eigenvalue weighted by molar-refractivity contribution is -0.141. The van der Waals surface area contributed by atoms with Gasteiger partial charge in [0.15, 0.2) is 0 Å². The Morgan fingerprint density at radius 3 is 2.42 bits per heavy atom. The Bertz CT molecular complexity index is 180. The van der Waals surface area contributed by atoms with Gasteiger partial charge >= 0.3 is 12.1 Å². The molecule has 0 aliphatic heterocycles. The average molecular weight is 175 g/mol. The van der Waals surface area contributed by atoms with Crippen molar-refractivity contribution in [1.82, 2.24) is 4.90 Å². The van der Waals surface area contributed by atoms with Crippen LogP contribution in [0, 0.1) is 0 Å². The average Bonchev–Trinajstić information content (AvgIpc) is 2.02. The fraction of sp³-hybridized carbons (Fsp3) is 0.714. The monoisotopic (exact) mass is 175 g/mol. The first-order valence-corrected chi connectivity index (χ1v) is 3.63. The molecule has 0 aliphatic carbocycles. The van der Waals surface area contributed by atoms with Crippen molar-refractivity contribution < 1.29 is 19.4 Å². The molecule has 0 fully saturated rings. The Balaban J connectivity index is 4.09. The summed E-state index contributed by atoms with van der Waals surface area (Å²) in [5.41, 5.74) is 0. The van der Waals surface area contributed by atoms with Gasteiger partial charge in [0.05, 0.1) is 6.61 Å². The quantitative estimate of drug-likeness (QED) is 0.680. The van der Waals surface area contributed by atoms with Gasteiger partial charge < -0.3 is 9.84 Å². The Kier molecular flexibility index (Phi) is 4.10. The first-order valence-electron chi connectivity index (χ1n) is 3.63. The van der Waals surface area contributed by atoms with Crippen molar-refractivity contribution in [3.8, 4) is 0 Å². The van der Waals surface area contributed by atoms with Crippen LogP contribution >= 0.6 is 0 Å². The fourth-order valence-corrected chi connectivity index (χ4v) is 0.549. The third-order valence-corrected chi connectivity index (χ3v) is 1.49. The standard InChI is InChI=1S/C7H13NO4/c1-4-12-7(11)8(3)5(2)6(9)10/h5H,4H2,1-3H3,(H,9,10). The van der Waals surface area contributed by atoms with E-state index in [1.807, 2.05) is 0 Å². The number of aliphatic carboxylic acids is 1. The van der Waals surface area contributed by atoms with Crippen LogP contribution in [0.5, 0.6) is 0 Å².